The fourth-order valence-corrected chi connectivity index (χ4v) is 2.22. The summed E-state index contributed by atoms with van der Waals surface area (Å²) >= 11 is 0. The van der Waals surface area contributed by atoms with Gasteiger partial charge >= 0.3 is 0 Å². The number of carbonyl (C=O) groups excluding carboxylic acids is 1. The Kier molecular flexibility index (Phi) is 3.63. The van der Waals surface area contributed by atoms with E-state index in [4.69, 9.17) is 0 Å². The number of aromatic amines is 1. The van der Waals surface area contributed by atoms with E-state index in [9.17, 15) is 4.79 Å². The second kappa shape index (κ2) is 5.74. The lowest BCUT2D eigenvalue weighted by Crippen LogP contribution is -2.32. The molecule has 0 aliphatic carbocycles. The Hall–Kier alpha value is -2.70. The molecule has 1 atom stereocenters. The molecular weight excluding hydrogens is 268 g/mol. The van der Waals surface area contributed by atoms with Crippen molar-refractivity contribution in [2.24, 2.45) is 0 Å². The first-order chi connectivity index (χ1) is 10.3. The van der Waals surface area contributed by atoms with Crippen LogP contribution in [0.5, 0.6) is 0 Å². The van der Waals surface area contributed by atoms with Crippen LogP contribution >= 0.6 is 0 Å². The molecule has 1 amide bonds. The number of H-pyrrole nitrogens is 1. The van der Waals surface area contributed by atoms with Gasteiger partial charge in [-0.1, -0.05) is 12.1 Å². The molecule has 0 saturated carbocycles. The molecule has 0 fully saturated rings. The molecule has 7 heteroatoms. The minimum Gasteiger partial charge on any atom is -0.354 e. The zero-order valence-electron chi connectivity index (χ0n) is 11.7. The van der Waals surface area contributed by atoms with E-state index in [0.717, 1.165) is 16.9 Å². The molecule has 3 aromatic rings. The zero-order chi connectivity index (χ0) is 14.7. The summed E-state index contributed by atoms with van der Waals surface area (Å²) in [6, 6.07) is 7.45. The molecule has 0 radical (unpaired) electrons. The molecule has 0 aliphatic heterocycles. The lowest BCUT2D eigenvalue weighted by Gasteiger charge is -2.14. The fourth-order valence-electron chi connectivity index (χ4n) is 2.22. The van der Waals surface area contributed by atoms with Crippen LogP contribution in [0, 0.1) is 0 Å². The first-order valence-electron chi connectivity index (χ1n) is 6.79. The quantitative estimate of drug-likeness (QED) is 0.733. The number of carbonyl (C=O) groups is 1. The highest BCUT2D eigenvalue weighted by atomic mass is 16.2. The minimum absolute atomic E-state index is 0.0438. The van der Waals surface area contributed by atoms with Crippen LogP contribution in [0.25, 0.3) is 11.0 Å². The Morgan fingerprint density at radius 1 is 1.38 bits per heavy atom. The third-order valence-corrected chi connectivity index (χ3v) is 3.40. The number of hydrogen-bond donors (Lipinski definition) is 2. The highest BCUT2D eigenvalue weighted by Gasteiger charge is 2.16. The number of amides is 1. The first kappa shape index (κ1) is 13.3. The minimum atomic E-state index is -0.313. The first-order valence-corrected chi connectivity index (χ1v) is 6.79. The van der Waals surface area contributed by atoms with Gasteiger partial charge in [-0.3, -0.25) is 9.89 Å². The van der Waals surface area contributed by atoms with E-state index in [1.165, 1.54) is 6.33 Å². The highest BCUT2D eigenvalue weighted by molar-refractivity contribution is 5.83. The number of rotatable bonds is 5. The van der Waals surface area contributed by atoms with Crippen molar-refractivity contribution in [1.29, 1.82) is 0 Å². The summed E-state index contributed by atoms with van der Waals surface area (Å²) in [6.45, 7) is 2.38. The molecule has 2 heterocycles. The van der Waals surface area contributed by atoms with E-state index in [-0.39, 0.29) is 11.9 Å². The molecule has 2 N–H and O–H groups in total. The number of benzene rings is 1. The molecule has 21 heavy (non-hydrogen) atoms. The molecule has 2 aromatic heterocycles. The maximum atomic E-state index is 12.2. The van der Waals surface area contributed by atoms with Crippen LogP contribution in [0.1, 0.15) is 18.8 Å². The summed E-state index contributed by atoms with van der Waals surface area (Å²) in [6.07, 6.45) is 3.78. The molecule has 1 aromatic carbocycles. The fraction of sp³-hybridized carbons (Fsp3) is 0.286. The molecule has 108 valence electrons. The van der Waals surface area contributed by atoms with Crippen molar-refractivity contribution < 1.29 is 4.79 Å². The SMILES string of the molecule is CC(C(=O)NCCc1ncn[nH]1)n1cnc2ccccc21. The lowest BCUT2D eigenvalue weighted by atomic mass is 10.2. The number of imidazole rings is 1. The van der Waals surface area contributed by atoms with Crippen LogP contribution < -0.4 is 5.32 Å². The summed E-state index contributed by atoms with van der Waals surface area (Å²) in [4.78, 5) is 20.5. The smallest absolute Gasteiger partial charge is 0.242 e. The van der Waals surface area contributed by atoms with Gasteiger partial charge in [0.05, 0.1) is 17.4 Å². The van der Waals surface area contributed by atoms with Crippen LogP contribution in [0.4, 0.5) is 0 Å². The van der Waals surface area contributed by atoms with E-state index in [1.807, 2.05) is 35.8 Å². The molecule has 0 bridgehead atoms. The van der Waals surface area contributed by atoms with Gasteiger partial charge in [0.2, 0.25) is 5.91 Å². The third-order valence-electron chi connectivity index (χ3n) is 3.40. The molecule has 7 nitrogen and oxygen atoms in total. The number of para-hydroxylation sites is 2. The Morgan fingerprint density at radius 2 is 2.24 bits per heavy atom. The Morgan fingerprint density at radius 3 is 3.05 bits per heavy atom. The van der Waals surface area contributed by atoms with Crippen LogP contribution in [-0.2, 0) is 11.2 Å². The number of fused-ring (bicyclic) bond motifs is 1. The maximum absolute atomic E-state index is 12.2. The van der Waals surface area contributed by atoms with Gasteiger partial charge in [0.1, 0.15) is 18.2 Å². The van der Waals surface area contributed by atoms with E-state index in [1.54, 1.807) is 6.33 Å². The summed E-state index contributed by atoms with van der Waals surface area (Å²) in [5.41, 5.74) is 1.84. The third kappa shape index (κ3) is 2.76. The van der Waals surface area contributed by atoms with Gasteiger partial charge < -0.3 is 9.88 Å². The number of nitrogens with one attached hydrogen (secondary N) is 2. The van der Waals surface area contributed by atoms with Crippen LogP contribution in [-0.4, -0.2) is 37.2 Å². The van der Waals surface area contributed by atoms with Crippen molar-refractivity contribution >= 4 is 16.9 Å². The van der Waals surface area contributed by atoms with Gasteiger partial charge in [0.25, 0.3) is 0 Å². The molecule has 0 aliphatic rings. The van der Waals surface area contributed by atoms with Crippen molar-refractivity contribution in [3.63, 3.8) is 0 Å². The Balaban J connectivity index is 1.64. The van der Waals surface area contributed by atoms with Crippen molar-refractivity contribution in [3.05, 3.63) is 42.7 Å². The average Bonchev–Trinajstić information content (AvgIpc) is 3.15. The van der Waals surface area contributed by atoms with Crippen LogP contribution in [0.3, 0.4) is 0 Å². The predicted octanol–water partition coefficient (Wildman–Crippen LogP) is 1.07. The van der Waals surface area contributed by atoms with Gasteiger partial charge in [0.15, 0.2) is 0 Å². The van der Waals surface area contributed by atoms with Crippen molar-refractivity contribution in [1.82, 2.24) is 30.0 Å². The molecule has 0 saturated heterocycles. The van der Waals surface area contributed by atoms with E-state index in [0.29, 0.717) is 13.0 Å². The number of hydrogen-bond acceptors (Lipinski definition) is 4. The second-order valence-corrected chi connectivity index (χ2v) is 4.79. The summed E-state index contributed by atoms with van der Waals surface area (Å²) < 4.78 is 1.87. The van der Waals surface area contributed by atoms with Crippen LogP contribution in [0.2, 0.25) is 0 Å². The van der Waals surface area contributed by atoms with E-state index >= 15 is 0 Å². The molecule has 0 spiro atoms. The van der Waals surface area contributed by atoms with Gasteiger partial charge in [0, 0.05) is 13.0 Å². The van der Waals surface area contributed by atoms with Gasteiger partial charge in [-0.2, -0.15) is 5.10 Å². The van der Waals surface area contributed by atoms with Crippen molar-refractivity contribution in [2.75, 3.05) is 6.54 Å². The van der Waals surface area contributed by atoms with Gasteiger partial charge in [-0.05, 0) is 19.1 Å². The average molecular weight is 284 g/mol. The highest BCUT2D eigenvalue weighted by Crippen LogP contribution is 2.17. The predicted molar refractivity (Wildman–Crippen MR) is 77.5 cm³/mol. The molecular formula is C14H16N6O. The standard InChI is InChI=1S/C14H16N6O/c1-10(14(21)15-7-6-13-16-8-18-19-13)20-9-17-11-4-2-3-5-12(11)20/h2-5,8-10H,6-7H2,1H3,(H,15,21)(H,16,18,19). The normalized spacial score (nSPS) is 12.4. The van der Waals surface area contributed by atoms with Gasteiger partial charge in [-0.15, -0.1) is 0 Å². The monoisotopic (exact) mass is 284 g/mol. The largest absolute Gasteiger partial charge is 0.354 e. The lowest BCUT2D eigenvalue weighted by molar-refractivity contribution is -0.123. The zero-order valence-corrected chi connectivity index (χ0v) is 11.7. The topological polar surface area (TPSA) is 88.5 Å². The summed E-state index contributed by atoms with van der Waals surface area (Å²) in [7, 11) is 0. The number of aromatic nitrogens is 5. The van der Waals surface area contributed by atoms with Crippen LogP contribution in [0.15, 0.2) is 36.9 Å². The molecule has 3 rings (SSSR count). The van der Waals surface area contributed by atoms with Crippen molar-refractivity contribution in [3.8, 4) is 0 Å². The maximum Gasteiger partial charge on any atom is 0.242 e. The van der Waals surface area contributed by atoms with Gasteiger partial charge in [-0.25, -0.2) is 9.97 Å². The summed E-state index contributed by atoms with van der Waals surface area (Å²) in [5, 5.41) is 9.43. The number of nitrogens with zero attached hydrogens (tertiary/aromatic N) is 4. The van der Waals surface area contributed by atoms with E-state index < -0.39 is 0 Å². The van der Waals surface area contributed by atoms with E-state index in [2.05, 4.69) is 25.5 Å². The molecule has 1 unspecified atom stereocenters. The summed E-state index contributed by atoms with van der Waals surface area (Å²) in [5.74, 6) is 0.716. The van der Waals surface area contributed by atoms with Crippen molar-refractivity contribution in [2.45, 2.75) is 19.4 Å². The Bertz CT molecular complexity index is 733. The second-order valence-electron chi connectivity index (χ2n) is 4.79. The Labute approximate surface area is 121 Å².